The molecule has 3 aliphatic rings. The number of terminal acetylenes is 1. The summed E-state index contributed by atoms with van der Waals surface area (Å²) in [6.45, 7) is 12.3. The van der Waals surface area contributed by atoms with Gasteiger partial charge in [0.25, 0.3) is 0 Å². The first kappa shape index (κ1) is 50.9. The van der Waals surface area contributed by atoms with Crippen molar-refractivity contribution < 1.29 is 5.11 Å². The minimum atomic E-state index is -0.233. The van der Waals surface area contributed by atoms with Crippen LogP contribution in [-0.2, 0) is 17.3 Å². The number of hydrogen-bond donors (Lipinski definition) is 1. The van der Waals surface area contributed by atoms with Crippen LogP contribution in [0.3, 0.4) is 0 Å². The number of hydrogen-bond acceptors (Lipinski definition) is 5. The Morgan fingerprint density at radius 3 is 1.89 bits per heavy atom. The summed E-state index contributed by atoms with van der Waals surface area (Å²) in [4.78, 5) is 5.29. The number of fused-ring (bicyclic) bond motifs is 10. The maximum atomic E-state index is 11.6. The predicted molar refractivity (Wildman–Crippen MR) is 351 cm³/mol. The molecule has 394 valence electrons. The molecule has 81 heavy (non-hydrogen) atoms. The van der Waals surface area contributed by atoms with Crippen LogP contribution in [0.15, 0.2) is 212 Å². The smallest absolute Gasteiger partial charge is 0.339 e. The SMILES string of the molecule is C#C/C(=C\C1=C2CN(c3ccc(CCCC)cc3-c3ccccc3)c3c(sc4cc(-c5ccccc5)ccc34)B2N(c2ccc(-c3ccccc3)cc2)c2cc3sc4cc5c(cc4c3cc21)C(C)(C)CCC5(C)C)c1ccccc1O. The molecular weight excluding hydrogens is 1020 g/mol. The molecule has 0 bridgehead atoms. The van der Waals surface area contributed by atoms with Crippen molar-refractivity contribution in [2.75, 3.05) is 16.3 Å². The second-order valence-corrected chi connectivity index (χ2v) is 25.9. The molecule has 0 spiro atoms. The van der Waals surface area contributed by atoms with Crippen molar-refractivity contribution in [1.29, 1.82) is 0 Å². The third-order valence-corrected chi connectivity index (χ3v) is 20.1. The van der Waals surface area contributed by atoms with Gasteiger partial charge in [-0.15, -0.1) is 29.1 Å². The van der Waals surface area contributed by atoms with Gasteiger partial charge >= 0.3 is 6.85 Å². The van der Waals surface area contributed by atoms with Crippen LogP contribution in [0, 0.1) is 12.3 Å². The monoisotopic (exact) mass is 1080 g/mol. The number of allylic oxidation sites excluding steroid dienone is 3. The van der Waals surface area contributed by atoms with Crippen LogP contribution in [0.5, 0.6) is 5.75 Å². The van der Waals surface area contributed by atoms with Gasteiger partial charge in [0.1, 0.15) is 5.75 Å². The number of phenols is 1. The van der Waals surface area contributed by atoms with Gasteiger partial charge in [-0.05, 0) is 159 Å². The zero-order valence-corrected chi connectivity index (χ0v) is 48.3. The first-order valence-electron chi connectivity index (χ1n) is 28.7. The summed E-state index contributed by atoms with van der Waals surface area (Å²) < 4.78 is 5.09. The average molecular weight is 1080 g/mol. The number of unbranched alkanes of at least 4 members (excludes halogenated alkanes) is 1. The first-order chi connectivity index (χ1) is 39.5. The quantitative estimate of drug-likeness (QED) is 0.109. The van der Waals surface area contributed by atoms with Gasteiger partial charge in [0.15, 0.2) is 0 Å². The molecule has 2 aliphatic heterocycles. The highest BCUT2D eigenvalue weighted by atomic mass is 32.1. The van der Waals surface area contributed by atoms with E-state index < -0.39 is 0 Å². The number of thiophene rings is 2. The number of aryl methyl sites for hydroxylation is 1. The lowest BCUT2D eigenvalue weighted by atomic mass is 9.46. The Hall–Kier alpha value is -8.34. The van der Waals surface area contributed by atoms with E-state index in [-0.39, 0.29) is 23.4 Å². The standard InChI is InChI=1S/C75H63BN2OS2/c1-7-9-21-48-30-37-66(58(40-48)53-26-17-12-18-27-53)77-47-65-59(41-49(8-2)56-28-19-20-29-68(56)79)60-43-61-62-44-63-64(75(5,6)39-38-74(63,3)4)45-70(62)80-71(61)46-67(60)78(55-34-31-52(32-35-55)50-22-13-10-14-23-50)76(65)73-72(77)57-36-33-54(42-69(57)81-73)51-24-15-11-16-25-51/h2,10-20,22-37,40-46,79H,7,9,21,38-39,47H2,1,3-6H3/b49-41+. The number of aromatic hydroxyl groups is 1. The summed E-state index contributed by atoms with van der Waals surface area (Å²) >= 11 is 3.83. The maximum absolute atomic E-state index is 11.6. The molecule has 0 fully saturated rings. The number of benzene rings is 9. The largest absolute Gasteiger partial charge is 0.507 e. The van der Waals surface area contributed by atoms with Crippen molar-refractivity contribution >= 4 is 98.5 Å². The maximum Gasteiger partial charge on any atom is 0.339 e. The van der Waals surface area contributed by atoms with Gasteiger partial charge in [0.05, 0.1) is 5.69 Å². The number of nitrogens with zero attached hydrogens (tertiary/aromatic N) is 2. The molecule has 3 nitrogen and oxygen atoms in total. The fourth-order valence-corrected chi connectivity index (χ4v) is 15.8. The molecule has 6 heteroatoms. The van der Waals surface area contributed by atoms with E-state index >= 15 is 0 Å². The third-order valence-electron chi connectivity index (χ3n) is 17.8. The Morgan fingerprint density at radius 1 is 0.593 bits per heavy atom. The fourth-order valence-electron chi connectivity index (χ4n) is 13.3. The van der Waals surface area contributed by atoms with E-state index in [0.717, 1.165) is 54.6 Å². The van der Waals surface area contributed by atoms with E-state index in [2.05, 4.69) is 232 Å². The lowest BCUT2D eigenvalue weighted by Crippen LogP contribution is -2.55. The number of anilines is 4. The Morgan fingerprint density at radius 2 is 1.20 bits per heavy atom. The van der Waals surface area contributed by atoms with Crippen molar-refractivity contribution in [3.63, 3.8) is 0 Å². The van der Waals surface area contributed by atoms with Crippen LogP contribution in [-0.4, -0.2) is 18.5 Å². The highest BCUT2D eigenvalue weighted by Gasteiger charge is 2.47. The molecule has 1 N–H and O–H groups in total. The summed E-state index contributed by atoms with van der Waals surface area (Å²) in [5, 5.41) is 15.4. The van der Waals surface area contributed by atoms with Gasteiger partial charge in [0.2, 0.25) is 0 Å². The lowest BCUT2D eigenvalue weighted by molar-refractivity contribution is 0.332. The van der Waals surface area contributed by atoms with E-state index in [1.165, 1.54) is 102 Å². The number of rotatable bonds is 10. The molecule has 14 rings (SSSR count). The van der Waals surface area contributed by atoms with Gasteiger partial charge in [0, 0.05) is 80.9 Å². The van der Waals surface area contributed by atoms with E-state index in [1.807, 2.05) is 40.9 Å². The van der Waals surface area contributed by atoms with Crippen molar-refractivity contribution in [2.24, 2.45) is 0 Å². The number of phenolic OH excluding ortho intramolecular Hbond substituents is 1. The van der Waals surface area contributed by atoms with Gasteiger partial charge in [-0.1, -0.05) is 186 Å². The Labute approximate surface area is 485 Å². The van der Waals surface area contributed by atoms with E-state index in [1.54, 1.807) is 6.07 Å². The van der Waals surface area contributed by atoms with E-state index in [9.17, 15) is 5.11 Å². The van der Waals surface area contributed by atoms with Crippen molar-refractivity contribution in [3.8, 4) is 51.5 Å². The summed E-state index contributed by atoms with van der Waals surface area (Å²) in [7, 11) is 0. The van der Waals surface area contributed by atoms with Crippen LogP contribution in [0.4, 0.5) is 22.7 Å². The molecule has 0 atom stereocenters. The van der Waals surface area contributed by atoms with Gasteiger partial charge in [-0.3, -0.25) is 0 Å². The van der Waals surface area contributed by atoms with E-state index in [4.69, 9.17) is 6.42 Å². The zero-order valence-electron chi connectivity index (χ0n) is 46.7. The van der Waals surface area contributed by atoms with Gasteiger partial charge in [-0.25, -0.2) is 0 Å². The van der Waals surface area contributed by atoms with Crippen LogP contribution in [0.1, 0.15) is 88.1 Å². The summed E-state index contributed by atoms with van der Waals surface area (Å²) in [5.41, 5.74) is 21.0. The van der Waals surface area contributed by atoms with Crippen LogP contribution in [0.25, 0.3) is 74.8 Å². The molecule has 1 aliphatic carbocycles. The van der Waals surface area contributed by atoms with Gasteiger partial charge < -0.3 is 14.8 Å². The molecule has 9 aromatic carbocycles. The first-order valence-corrected chi connectivity index (χ1v) is 30.4. The molecule has 11 aromatic rings. The molecule has 4 heterocycles. The molecule has 2 aromatic heterocycles. The van der Waals surface area contributed by atoms with Crippen molar-refractivity contribution in [3.05, 3.63) is 240 Å². The number of para-hydroxylation sites is 1. The Kier molecular flexibility index (Phi) is 12.6. The zero-order chi connectivity index (χ0) is 55.1. The predicted octanol–water partition coefficient (Wildman–Crippen LogP) is 19.9. The molecule has 0 saturated carbocycles. The summed E-state index contributed by atoms with van der Waals surface area (Å²) in [6, 6.07) is 73.6. The van der Waals surface area contributed by atoms with Crippen LogP contribution >= 0.6 is 22.7 Å². The second kappa shape index (κ2) is 20.0. The van der Waals surface area contributed by atoms with Crippen molar-refractivity contribution in [1.82, 2.24) is 0 Å². The van der Waals surface area contributed by atoms with Crippen molar-refractivity contribution in [2.45, 2.75) is 77.6 Å². The summed E-state index contributed by atoms with van der Waals surface area (Å²) in [5.74, 6) is 3.28. The van der Waals surface area contributed by atoms with E-state index in [0.29, 0.717) is 17.7 Å². The Balaban J connectivity index is 1.10. The normalized spacial score (nSPS) is 15.4. The van der Waals surface area contributed by atoms with Gasteiger partial charge in [-0.2, -0.15) is 0 Å². The minimum Gasteiger partial charge on any atom is -0.507 e. The lowest BCUT2D eigenvalue weighted by Gasteiger charge is -2.45. The molecule has 0 saturated heterocycles. The van der Waals surface area contributed by atoms with Crippen LogP contribution in [0.2, 0.25) is 0 Å². The average Bonchev–Trinajstić information content (AvgIpc) is 4.25. The topological polar surface area (TPSA) is 26.7 Å². The third kappa shape index (κ3) is 8.72. The molecule has 0 unspecified atom stereocenters. The minimum absolute atomic E-state index is 0.0505. The highest BCUT2D eigenvalue weighted by molar-refractivity contribution is 7.31. The highest BCUT2D eigenvalue weighted by Crippen LogP contribution is 2.54. The summed E-state index contributed by atoms with van der Waals surface area (Å²) in [6.07, 6.45) is 14.5. The molecular formula is C75H63BN2OS2. The van der Waals surface area contributed by atoms with Crippen LogP contribution < -0.4 is 14.5 Å². The molecule has 0 amide bonds. The second-order valence-electron chi connectivity index (χ2n) is 23.8. The molecule has 0 radical (unpaired) electrons. The fraction of sp³-hybridized carbons (Fsp3) is 0.173. The Bertz CT molecular complexity index is 4390.